The number of unbranched alkanes of at least 4 members (excludes halogenated alkanes) is 4. The zero-order valence-corrected chi connectivity index (χ0v) is 12.5. The summed E-state index contributed by atoms with van der Waals surface area (Å²) in [4.78, 5) is 12.1. The molecule has 0 aromatic rings. The molecule has 1 atom stereocenters. The van der Waals surface area contributed by atoms with Crippen LogP contribution in [0.15, 0.2) is 0 Å². The third kappa shape index (κ3) is 5.85. The van der Waals surface area contributed by atoms with Crippen molar-refractivity contribution in [1.29, 1.82) is 0 Å². The first kappa shape index (κ1) is 17.4. The van der Waals surface area contributed by atoms with Gasteiger partial charge in [-0.3, -0.25) is 4.79 Å². The van der Waals surface area contributed by atoms with Gasteiger partial charge < -0.3 is 10.5 Å². The topological polar surface area (TPSA) is 52.3 Å². The summed E-state index contributed by atoms with van der Waals surface area (Å²) in [5.41, 5.74) is 5.43. The second kappa shape index (κ2) is 10.4. The third-order valence-corrected chi connectivity index (χ3v) is 3.59. The molecule has 0 heterocycles. The maximum absolute atomic E-state index is 12.1. The van der Waals surface area contributed by atoms with Crippen molar-refractivity contribution in [3.05, 3.63) is 0 Å². The molecule has 0 aromatic carbocycles. The Morgan fingerprint density at radius 3 is 2.17 bits per heavy atom. The lowest BCUT2D eigenvalue weighted by molar-refractivity contribution is -0.156. The Labute approximate surface area is 112 Å². The first-order valence-corrected chi connectivity index (χ1v) is 7.54. The smallest absolute Gasteiger partial charge is 0.313 e. The van der Waals surface area contributed by atoms with Crippen molar-refractivity contribution in [1.82, 2.24) is 0 Å². The van der Waals surface area contributed by atoms with Crippen molar-refractivity contribution in [3.8, 4) is 0 Å². The minimum absolute atomic E-state index is 0.0927. The maximum atomic E-state index is 12.1. The standard InChI is InChI=1S/C15H31NO2/c1-4-7-8-9-10-12-15(13-16,11-5-2)14(17)18-6-3/h4-13,16H2,1-3H3. The van der Waals surface area contributed by atoms with Gasteiger partial charge in [-0.05, 0) is 19.8 Å². The predicted molar refractivity (Wildman–Crippen MR) is 76.4 cm³/mol. The molecule has 0 aliphatic rings. The van der Waals surface area contributed by atoms with Crippen molar-refractivity contribution < 1.29 is 9.53 Å². The first-order valence-electron chi connectivity index (χ1n) is 7.54. The van der Waals surface area contributed by atoms with Crippen LogP contribution in [0.2, 0.25) is 0 Å². The lowest BCUT2D eigenvalue weighted by atomic mass is 9.78. The summed E-state index contributed by atoms with van der Waals surface area (Å²) in [5, 5.41) is 0. The minimum atomic E-state index is -0.434. The van der Waals surface area contributed by atoms with Crippen LogP contribution in [0, 0.1) is 5.41 Å². The van der Waals surface area contributed by atoms with Crippen LogP contribution in [-0.4, -0.2) is 19.1 Å². The van der Waals surface area contributed by atoms with Crippen LogP contribution in [0.25, 0.3) is 0 Å². The van der Waals surface area contributed by atoms with E-state index < -0.39 is 5.41 Å². The molecule has 18 heavy (non-hydrogen) atoms. The molecule has 0 spiro atoms. The fourth-order valence-corrected chi connectivity index (χ4v) is 2.45. The van der Waals surface area contributed by atoms with Gasteiger partial charge in [0.15, 0.2) is 0 Å². The number of nitrogens with two attached hydrogens (primary N) is 1. The van der Waals surface area contributed by atoms with Crippen molar-refractivity contribution in [2.75, 3.05) is 13.2 Å². The van der Waals surface area contributed by atoms with Gasteiger partial charge in [0.1, 0.15) is 0 Å². The molecule has 0 fully saturated rings. The van der Waals surface area contributed by atoms with Crippen LogP contribution in [0.1, 0.15) is 72.1 Å². The average molecular weight is 257 g/mol. The number of rotatable bonds is 11. The van der Waals surface area contributed by atoms with Crippen LogP contribution >= 0.6 is 0 Å². The molecular formula is C15H31NO2. The average Bonchev–Trinajstić information content (AvgIpc) is 2.37. The highest BCUT2D eigenvalue weighted by atomic mass is 16.5. The number of hydrogen-bond donors (Lipinski definition) is 1. The number of carbonyl (C=O) groups excluding carboxylic acids is 1. The zero-order valence-electron chi connectivity index (χ0n) is 12.5. The summed E-state index contributed by atoms with van der Waals surface area (Å²) in [6, 6.07) is 0. The van der Waals surface area contributed by atoms with E-state index in [0.717, 1.165) is 25.7 Å². The van der Waals surface area contributed by atoms with E-state index in [2.05, 4.69) is 13.8 Å². The van der Waals surface area contributed by atoms with Gasteiger partial charge >= 0.3 is 5.97 Å². The molecule has 0 aliphatic carbocycles. The second-order valence-corrected chi connectivity index (χ2v) is 5.12. The lowest BCUT2D eigenvalue weighted by Crippen LogP contribution is -2.40. The molecule has 0 rings (SSSR count). The number of carbonyl (C=O) groups is 1. The van der Waals surface area contributed by atoms with Gasteiger partial charge in [0.2, 0.25) is 0 Å². The molecule has 1 unspecified atom stereocenters. The van der Waals surface area contributed by atoms with Gasteiger partial charge in [-0.1, -0.05) is 52.4 Å². The van der Waals surface area contributed by atoms with E-state index in [0.29, 0.717) is 13.2 Å². The van der Waals surface area contributed by atoms with E-state index >= 15 is 0 Å². The van der Waals surface area contributed by atoms with Crippen LogP contribution in [0.5, 0.6) is 0 Å². The molecule has 0 amide bonds. The minimum Gasteiger partial charge on any atom is -0.466 e. The first-order chi connectivity index (χ1) is 8.66. The Bertz CT molecular complexity index is 219. The van der Waals surface area contributed by atoms with Gasteiger partial charge in [0, 0.05) is 6.54 Å². The maximum Gasteiger partial charge on any atom is 0.313 e. The molecule has 0 bridgehead atoms. The van der Waals surface area contributed by atoms with Gasteiger partial charge in [0.05, 0.1) is 12.0 Å². The highest BCUT2D eigenvalue weighted by Crippen LogP contribution is 2.31. The Balaban J connectivity index is 4.31. The fourth-order valence-electron chi connectivity index (χ4n) is 2.45. The summed E-state index contributed by atoms with van der Waals surface area (Å²) >= 11 is 0. The molecule has 108 valence electrons. The SMILES string of the molecule is CCCCCCCC(CN)(CCC)C(=O)OCC. The van der Waals surface area contributed by atoms with E-state index in [-0.39, 0.29) is 5.97 Å². The highest BCUT2D eigenvalue weighted by molar-refractivity contribution is 5.77. The Morgan fingerprint density at radius 2 is 1.67 bits per heavy atom. The summed E-state index contributed by atoms with van der Waals surface area (Å²) in [7, 11) is 0. The van der Waals surface area contributed by atoms with Crippen molar-refractivity contribution in [3.63, 3.8) is 0 Å². The molecule has 3 nitrogen and oxygen atoms in total. The third-order valence-electron chi connectivity index (χ3n) is 3.59. The van der Waals surface area contributed by atoms with E-state index in [1.54, 1.807) is 0 Å². The number of hydrogen-bond acceptors (Lipinski definition) is 3. The zero-order chi connectivity index (χ0) is 13.9. The molecular weight excluding hydrogens is 226 g/mol. The van der Waals surface area contributed by atoms with Gasteiger partial charge in [-0.15, -0.1) is 0 Å². The number of ether oxygens (including phenoxy) is 1. The Kier molecular flexibility index (Phi) is 10.0. The molecule has 3 heteroatoms. The molecule has 0 aromatic heterocycles. The normalized spacial score (nSPS) is 14.2. The van der Waals surface area contributed by atoms with Crippen LogP contribution in [-0.2, 0) is 9.53 Å². The summed E-state index contributed by atoms with van der Waals surface area (Å²) in [6.45, 7) is 7.01. The highest BCUT2D eigenvalue weighted by Gasteiger charge is 2.36. The van der Waals surface area contributed by atoms with E-state index in [1.807, 2.05) is 6.92 Å². The van der Waals surface area contributed by atoms with E-state index in [1.165, 1.54) is 25.7 Å². The number of esters is 1. The van der Waals surface area contributed by atoms with E-state index in [4.69, 9.17) is 10.5 Å². The largest absolute Gasteiger partial charge is 0.466 e. The van der Waals surface area contributed by atoms with E-state index in [9.17, 15) is 4.79 Å². The molecule has 0 aliphatic heterocycles. The second-order valence-electron chi connectivity index (χ2n) is 5.12. The lowest BCUT2D eigenvalue weighted by Gasteiger charge is -2.29. The quantitative estimate of drug-likeness (QED) is 0.454. The van der Waals surface area contributed by atoms with Crippen molar-refractivity contribution in [2.24, 2.45) is 11.1 Å². The van der Waals surface area contributed by atoms with Crippen molar-refractivity contribution >= 4 is 5.97 Å². The molecule has 0 saturated heterocycles. The van der Waals surface area contributed by atoms with Crippen LogP contribution in [0.4, 0.5) is 0 Å². The van der Waals surface area contributed by atoms with Gasteiger partial charge in [-0.25, -0.2) is 0 Å². The molecule has 0 radical (unpaired) electrons. The summed E-state index contributed by atoms with van der Waals surface area (Å²) < 4.78 is 5.21. The van der Waals surface area contributed by atoms with Gasteiger partial charge in [0.25, 0.3) is 0 Å². The molecule has 0 saturated carbocycles. The Hall–Kier alpha value is -0.570. The Morgan fingerprint density at radius 1 is 1.00 bits per heavy atom. The van der Waals surface area contributed by atoms with Crippen LogP contribution in [0.3, 0.4) is 0 Å². The van der Waals surface area contributed by atoms with Crippen LogP contribution < -0.4 is 5.73 Å². The monoisotopic (exact) mass is 257 g/mol. The predicted octanol–water partition coefficient (Wildman–Crippen LogP) is 3.66. The summed E-state index contributed by atoms with van der Waals surface area (Å²) in [6.07, 6.45) is 8.75. The summed E-state index contributed by atoms with van der Waals surface area (Å²) in [5.74, 6) is -0.0927. The fraction of sp³-hybridized carbons (Fsp3) is 0.933. The van der Waals surface area contributed by atoms with Gasteiger partial charge in [-0.2, -0.15) is 0 Å². The van der Waals surface area contributed by atoms with Crippen molar-refractivity contribution in [2.45, 2.75) is 72.1 Å². The molecule has 2 N–H and O–H groups in total.